The van der Waals surface area contributed by atoms with Crippen molar-refractivity contribution in [2.45, 2.75) is 62.7 Å². The minimum absolute atomic E-state index is 0.0127. The van der Waals surface area contributed by atoms with Crippen molar-refractivity contribution in [3.8, 4) is 5.75 Å². The predicted molar refractivity (Wildman–Crippen MR) is 144 cm³/mol. The van der Waals surface area contributed by atoms with E-state index in [0.717, 1.165) is 0 Å². The van der Waals surface area contributed by atoms with Crippen LogP contribution in [-0.4, -0.2) is 87.6 Å². The molecule has 0 saturated carbocycles. The van der Waals surface area contributed by atoms with E-state index in [2.05, 4.69) is 20.9 Å². The number of benzene rings is 1. The summed E-state index contributed by atoms with van der Waals surface area (Å²) in [5.41, 5.74) is 22.0. The van der Waals surface area contributed by atoms with E-state index in [9.17, 15) is 39.0 Å². The first kappa shape index (κ1) is 34.1. The average Bonchev–Trinajstić information content (AvgIpc) is 2.88. The van der Waals surface area contributed by atoms with Crippen molar-refractivity contribution in [1.29, 1.82) is 0 Å². The average molecular weight is 581 g/mol. The van der Waals surface area contributed by atoms with E-state index in [0.29, 0.717) is 5.56 Å². The van der Waals surface area contributed by atoms with E-state index in [1.807, 2.05) is 0 Å². The molecular formula is C24H36N8O9. The number of carbonyl (C=O) groups is 6. The second-order valence-corrected chi connectivity index (χ2v) is 9.05. The number of carbonyl (C=O) groups excluding carboxylic acids is 4. The summed E-state index contributed by atoms with van der Waals surface area (Å²) in [7, 11) is 0. The lowest BCUT2D eigenvalue weighted by atomic mass is 10.0. The number of aromatic hydroxyl groups is 1. The minimum atomic E-state index is -1.79. The zero-order chi connectivity index (χ0) is 31.1. The fourth-order valence-corrected chi connectivity index (χ4v) is 3.48. The van der Waals surface area contributed by atoms with Gasteiger partial charge in [0.15, 0.2) is 5.96 Å². The molecule has 0 bridgehead atoms. The molecule has 0 spiro atoms. The van der Waals surface area contributed by atoms with Crippen molar-refractivity contribution in [3.05, 3.63) is 29.8 Å². The molecule has 4 unspecified atom stereocenters. The molecule has 0 saturated heterocycles. The third kappa shape index (κ3) is 13.6. The van der Waals surface area contributed by atoms with Gasteiger partial charge in [-0.1, -0.05) is 12.1 Å². The number of phenolic OH excluding ortho intramolecular Hbond substituents is 1. The SMILES string of the molecule is NC(=O)CCC(N)C(=O)NC(CCCN=C(N)N)C(=O)NC(Cc1ccc(O)cc1)C(=O)NC(CC(=O)O)C(=O)O. The Morgan fingerprint density at radius 2 is 1.37 bits per heavy atom. The van der Waals surface area contributed by atoms with Gasteiger partial charge in [0.1, 0.15) is 23.9 Å². The number of phenols is 1. The van der Waals surface area contributed by atoms with Crippen LogP contribution in [0.15, 0.2) is 29.3 Å². The monoisotopic (exact) mass is 580 g/mol. The zero-order valence-corrected chi connectivity index (χ0v) is 22.1. The van der Waals surface area contributed by atoms with Crippen molar-refractivity contribution in [3.63, 3.8) is 0 Å². The Morgan fingerprint density at radius 3 is 1.90 bits per heavy atom. The quantitative estimate of drug-likeness (QED) is 0.0461. The van der Waals surface area contributed by atoms with Crippen LogP contribution in [0.3, 0.4) is 0 Å². The number of carboxylic acid groups (broad SMARTS) is 2. The smallest absolute Gasteiger partial charge is 0.326 e. The number of primary amides is 1. The molecule has 0 aliphatic rings. The molecule has 4 atom stereocenters. The second-order valence-electron chi connectivity index (χ2n) is 9.05. The number of aliphatic imine (C=N–C) groups is 1. The summed E-state index contributed by atoms with van der Waals surface area (Å²) in [5, 5.41) is 34.9. The molecule has 226 valence electrons. The van der Waals surface area contributed by atoms with E-state index in [-0.39, 0.29) is 50.4 Å². The number of carboxylic acids is 2. The summed E-state index contributed by atoms with van der Waals surface area (Å²) in [6.07, 6.45) is -1.18. The standard InChI is InChI=1S/C24H36N8O9/c25-14(7-8-18(26)34)20(37)30-15(2-1-9-29-24(27)28)21(38)31-16(10-12-3-5-13(33)6-4-12)22(39)32-17(23(40)41)11-19(35)36/h3-6,14-17,33H,1-2,7-11,25H2,(H2,26,34)(H,30,37)(H,31,38)(H,32,39)(H,35,36)(H,40,41)(H4,27,28,29). The van der Waals surface area contributed by atoms with E-state index in [1.165, 1.54) is 24.3 Å². The maximum Gasteiger partial charge on any atom is 0.326 e. The van der Waals surface area contributed by atoms with Crippen LogP contribution in [0.5, 0.6) is 5.75 Å². The Kier molecular flexibility index (Phi) is 14.1. The van der Waals surface area contributed by atoms with Crippen LogP contribution in [0.1, 0.15) is 37.7 Å². The highest BCUT2D eigenvalue weighted by molar-refractivity contribution is 5.95. The van der Waals surface area contributed by atoms with Crippen molar-refractivity contribution in [2.24, 2.45) is 27.9 Å². The van der Waals surface area contributed by atoms with Crippen LogP contribution < -0.4 is 38.9 Å². The lowest BCUT2D eigenvalue weighted by Gasteiger charge is -2.25. The first-order valence-electron chi connectivity index (χ1n) is 12.4. The van der Waals surface area contributed by atoms with Gasteiger partial charge >= 0.3 is 11.9 Å². The summed E-state index contributed by atoms with van der Waals surface area (Å²) in [4.78, 5) is 76.4. The third-order valence-electron chi connectivity index (χ3n) is 5.62. The van der Waals surface area contributed by atoms with Crippen LogP contribution in [0, 0.1) is 0 Å². The Morgan fingerprint density at radius 1 is 0.805 bits per heavy atom. The molecule has 4 amide bonds. The number of amides is 4. The number of rotatable bonds is 18. The van der Waals surface area contributed by atoms with Crippen LogP contribution in [-0.2, 0) is 35.2 Å². The molecule has 1 aromatic carbocycles. The molecule has 14 N–H and O–H groups in total. The van der Waals surface area contributed by atoms with Gasteiger partial charge in [-0.3, -0.25) is 29.0 Å². The van der Waals surface area contributed by atoms with Gasteiger partial charge in [-0.05, 0) is 37.0 Å². The highest BCUT2D eigenvalue weighted by atomic mass is 16.4. The number of aliphatic carboxylic acids is 2. The molecule has 0 fully saturated rings. The Hall–Kier alpha value is -4.93. The van der Waals surface area contributed by atoms with Gasteiger partial charge in [-0.15, -0.1) is 0 Å². The molecule has 17 nitrogen and oxygen atoms in total. The Balaban J connectivity index is 3.20. The summed E-state index contributed by atoms with van der Waals surface area (Å²) in [5.74, 6) is -6.66. The number of nitrogens with one attached hydrogen (secondary N) is 3. The lowest BCUT2D eigenvalue weighted by molar-refractivity contribution is -0.147. The van der Waals surface area contributed by atoms with Gasteiger partial charge in [-0.2, -0.15) is 0 Å². The first-order chi connectivity index (χ1) is 19.2. The summed E-state index contributed by atoms with van der Waals surface area (Å²) >= 11 is 0. The second kappa shape index (κ2) is 16.9. The largest absolute Gasteiger partial charge is 0.508 e. The predicted octanol–water partition coefficient (Wildman–Crippen LogP) is -3.41. The highest BCUT2D eigenvalue weighted by Crippen LogP contribution is 2.12. The van der Waals surface area contributed by atoms with Gasteiger partial charge in [-0.25, -0.2) is 4.79 Å². The highest BCUT2D eigenvalue weighted by Gasteiger charge is 2.31. The zero-order valence-electron chi connectivity index (χ0n) is 22.1. The molecule has 41 heavy (non-hydrogen) atoms. The fourth-order valence-electron chi connectivity index (χ4n) is 3.48. The summed E-state index contributed by atoms with van der Waals surface area (Å²) in [6, 6.07) is -0.0893. The van der Waals surface area contributed by atoms with Gasteiger partial charge in [0.2, 0.25) is 23.6 Å². The third-order valence-corrected chi connectivity index (χ3v) is 5.62. The number of hydrogen-bond donors (Lipinski definition) is 10. The van der Waals surface area contributed by atoms with Gasteiger partial charge in [0.25, 0.3) is 0 Å². The Bertz CT molecular complexity index is 1120. The summed E-state index contributed by atoms with van der Waals surface area (Å²) in [6.45, 7) is 0.0998. The first-order valence-corrected chi connectivity index (χ1v) is 12.4. The molecule has 0 aromatic heterocycles. The van der Waals surface area contributed by atoms with Crippen LogP contribution in [0.25, 0.3) is 0 Å². The molecule has 1 aromatic rings. The van der Waals surface area contributed by atoms with E-state index >= 15 is 0 Å². The maximum absolute atomic E-state index is 13.3. The molecule has 0 radical (unpaired) electrons. The summed E-state index contributed by atoms with van der Waals surface area (Å²) < 4.78 is 0. The molecule has 0 heterocycles. The molecular weight excluding hydrogens is 544 g/mol. The number of nitrogens with two attached hydrogens (primary N) is 4. The molecule has 17 heteroatoms. The van der Waals surface area contributed by atoms with Crippen LogP contribution in [0.4, 0.5) is 0 Å². The lowest BCUT2D eigenvalue weighted by Crippen LogP contribution is -2.57. The number of nitrogens with zero attached hydrogens (tertiary/aromatic N) is 1. The Labute approximate surface area is 234 Å². The molecule has 0 aliphatic carbocycles. The molecule has 1 rings (SSSR count). The van der Waals surface area contributed by atoms with Crippen LogP contribution >= 0.6 is 0 Å². The van der Waals surface area contributed by atoms with Gasteiger partial charge < -0.3 is 54.2 Å². The van der Waals surface area contributed by atoms with E-state index < -0.39 is 66.2 Å². The maximum atomic E-state index is 13.3. The fraction of sp³-hybridized carbons (Fsp3) is 0.458. The normalized spacial score (nSPS) is 13.5. The van der Waals surface area contributed by atoms with E-state index in [1.54, 1.807) is 0 Å². The van der Waals surface area contributed by atoms with Crippen LogP contribution in [0.2, 0.25) is 0 Å². The molecule has 0 aliphatic heterocycles. The minimum Gasteiger partial charge on any atom is -0.508 e. The topological polar surface area (TPSA) is 316 Å². The van der Waals surface area contributed by atoms with Crippen molar-refractivity contribution in [1.82, 2.24) is 16.0 Å². The van der Waals surface area contributed by atoms with Crippen molar-refractivity contribution >= 4 is 41.5 Å². The van der Waals surface area contributed by atoms with Gasteiger partial charge in [0.05, 0.1) is 12.5 Å². The van der Waals surface area contributed by atoms with Crippen molar-refractivity contribution in [2.75, 3.05) is 6.54 Å². The number of guanidine groups is 1. The van der Waals surface area contributed by atoms with Crippen molar-refractivity contribution < 1.29 is 44.1 Å². The van der Waals surface area contributed by atoms with Gasteiger partial charge in [0, 0.05) is 19.4 Å². The number of hydrogen-bond acceptors (Lipinski definition) is 9. The van der Waals surface area contributed by atoms with E-state index in [4.69, 9.17) is 28.0 Å².